The molecular weight excluding hydrogens is 262 g/mol. The Kier molecular flexibility index (Phi) is 4.19. The Labute approximate surface area is 117 Å². The Hall–Kier alpha value is -1.43. The smallest absolute Gasteiger partial charge is 0.263 e. The summed E-state index contributed by atoms with van der Waals surface area (Å²) in [5.74, 6) is 0.447. The van der Waals surface area contributed by atoms with Crippen molar-refractivity contribution in [3.8, 4) is 5.75 Å². The molecule has 19 heavy (non-hydrogen) atoms. The molecule has 1 fully saturated rings. The number of carbonyl (C=O) groups is 1. The minimum Gasteiger partial charge on any atom is -0.486 e. The van der Waals surface area contributed by atoms with Gasteiger partial charge in [-0.3, -0.25) is 4.79 Å². The van der Waals surface area contributed by atoms with E-state index in [1.807, 2.05) is 13.8 Å². The van der Waals surface area contributed by atoms with Crippen molar-refractivity contribution in [1.82, 2.24) is 5.32 Å². The number of thiophene rings is 1. The Balaban J connectivity index is 2.29. The van der Waals surface area contributed by atoms with Crippen LogP contribution in [0.15, 0.2) is 0 Å². The van der Waals surface area contributed by atoms with Crippen LogP contribution in [0.2, 0.25) is 0 Å². The molecule has 0 aromatic carbocycles. The summed E-state index contributed by atoms with van der Waals surface area (Å²) < 4.78 is 5.76. The molecule has 1 aromatic heterocycles. The second-order valence-corrected chi connectivity index (χ2v) is 6.04. The SMILES string of the molecule is CNC(=O)c1sc(NC2CCC2)c(OC(C)C)c1N. The Morgan fingerprint density at radius 3 is 2.63 bits per heavy atom. The lowest BCUT2D eigenvalue weighted by Crippen LogP contribution is -2.26. The molecule has 6 heteroatoms. The van der Waals surface area contributed by atoms with Crippen LogP contribution in [0.5, 0.6) is 5.75 Å². The number of hydrogen-bond acceptors (Lipinski definition) is 5. The van der Waals surface area contributed by atoms with Gasteiger partial charge in [-0.2, -0.15) is 0 Å². The van der Waals surface area contributed by atoms with Crippen LogP contribution >= 0.6 is 11.3 Å². The summed E-state index contributed by atoms with van der Waals surface area (Å²) in [5, 5.41) is 6.90. The van der Waals surface area contributed by atoms with Gasteiger partial charge < -0.3 is 21.1 Å². The summed E-state index contributed by atoms with van der Waals surface area (Å²) in [4.78, 5) is 12.3. The summed E-state index contributed by atoms with van der Waals surface area (Å²) in [6.45, 7) is 3.90. The van der Waals surface area contributed by atoms with E-state index in [1.165, 1.54) is 17.8 Å². The van der Waals surface area contributed by atoms with E-state index in [4.69, 9.17) is 10.5 Å². The lowest BCUT2D eigenvalue weighted by molar-refractivity contribution is 0.0967. The second-order valence-electron chi connectivity index (χ2n) is 5.02. The molecule has 0 bridgehead atoms. The first-order valence-corrected chi connectivity index (χ1v) is 7.42. The maximum atomic E-state index is 11.8. The third-order valence-electron chi connectivity index (χ3n) is 3.13. The number of carbonyl (C=O) groups excluding carboxylic acids is 1. The molecule has 0 radical (unpaired) electrons. The van der Waals surface area contributed by atoms with Gasteiger partial charge in [-0.25, -0.2) is 0 Å². The Morgan fingerprint density at radius 2 is 2.16 bits per heavy atom. The van der Waals surface area contributed by atoms with Crippen LogP contribution in [0.3, 0.4) is 0 Å². The van der Waals surface area contributed by atoms with Crippen molar-refractivity contribution in [3.05, 3.63) is 4.88 Å². The topological polar surface area (TPSA) is 76.4 Å². The minimum absolute atomic E-state index is 0.0244. The number of nitrogens with one attached hydrogen (secondary N) is 2. The summed E-state index contributed by atoms with van der Waals surface area (Å²) in [6, 6.07) is 0.477. The van der Waals surface area contributed by atoms with Crippen molar-refractivity contribution >= 4 is 27.9 Å². The maximum Gasteiger partial charge on any atom is 0.263 e. The van der Waals surface area contributed by atoms with Gasteiger partial charge in [0.2, 0.25) is 0 Å². The molecule has 4 N–H and O–H groups in total. The van der Waals surface area contributed by atoms with Crippen molar-refractivity contribution < 1.29 is 9.53 Å². The predicted molar refractivity (Wildman–Crippen MR) is 79.1 cm³/mol. The van der Waals surface area contributed by atoms with Crippen LogP contribution < -0.4 is 21.1 Å². The van der Waals surface area contributed by atoms with Crippen molar-refractivity contribution in [2.75, 3.05) is 18.1 Å². The quantitative estimate of drug-likeness (QED) is 0.775. The monoisotopic (exact) mass is 283 g/mol. The lowest BCUT2D eigenvalue weighted by atomic mass is 9.93. The van der Waals surface area contributed by atoms with Gasteiger partial charge in [-0.1, -0.05) is 0 Å². The van der Waals surface area contributed by atoms with Crippen LogP contribution in [0, 0.1) is 0 Å². The standard InChI is InChI=1S/C13H21N3O2S/c1-7(2)18-10-9(14)11(12(17)15-3)19-13(10)16-8-5-4-6-8/h7-8,16H,4-6,14H2,1-3H3,(H,15,17). The molecule has 0 saturated heterocycles. The zero-order valence-corrected chi connectivity index (χ0v) is 12.4. The molecule has 0 atom stereocenters. The lowest BCUT2D eigenvalue weighted by Gasteiger charge is -2.27. The largest absolute Gasteiger partial charge is 0.486 e. The van der Waals surface area contributed by atoms with Gasteiger partial charge in [-0.05, 0) is 33.1 Å². The van der Waals surface area contributed by atoms with Crippen LogP contribution in [0.25, 0.3) is 0 Å². The maximum absolute atomic E-state index is 11.8. The highest BCUT2D eigenvalue weighted by Gasteiger charge is 2.26. The highest BCUT2D eigenvalue weighted by Crippen LogP contribution is 2.44. The fourth-order valence-corrected chi connectivity index (χ4v) is 2.97. The third-order valence-corrected chi connectivity index (χ3v) is 4.24. The van der Waals surface area contributed by atoms with Gasteiger partial charge >= 0.3 is 0 Å². The van der Waals surface area contributed by atoms with E-state index in [-0.39, 0.29) is 12.0 Å². The summed E-state index contributed by atoms with van der Waals surface area (Å²) in [5.41, 5.74) is 6.48. The molecule has 1 aliphatic rings. The van der Waals surface area contributed by atoms with E-state index >= 15 is 0 Å². The molecule has 1 aliphatic carbocycles. The molecule has 1 saturated carbocycles. The van der Waals surface area contributed by atoms with E-state index in [0.29, 0.717) is 22.4 Å². The Bertz CT molecular complexity index is 467. The molecular formula is C13H21N3O2S. The van der Waals surface area contributed by atoms with Crippen molar-refractivity contribution in [2.45, 2.75) is 45.3 Å². The molecule has 2 rings (SSSR count). The Morgan fingerprint density at radius 1 is 1.47 bits per heavy atom. The number of rotatable bonds is 5. The van der Waals surface area contributed by atoms with Gasteiger partial charge in [0.1, 0.15) is 15.6 Å². The third kappa shape index (κ3) is 2.94. The van der Waals surface area contributed by atoms with Gasteiger partial charge in [0.05, 0.1) is 6.10 Å². The van der Waals surface area contributed by atoms with Gasteiger partial charge in [0, 0.05) is 13.1 Å². The summed E-state index contributed by atoms with van der Waals surface area (Å²) in [7, 11) is 1.60. The average Bonchev–Trinajstić information content (AvgIpc) is 2.60. The molecule has 1 aromatic rings. The first-order valence-electron chi connectivity index (χ1n) is 6.60. The highest BCUT2D eigenvalue weighted by molar-refractivity contribution is 7.19. The molecule has 0 spiro atoms. The first-order chi connectivity index (χ1) is 9.02. The number of amides is 1. The van der Waals surface area contributed by atoms with E-state index in [1.54, 1.807) is 7.05 Å². The molecule has 5 nitrogen and oxygen atoms in total. The van der Waals surface area contributed by atoms with E-state index in [9.17, 15) is 4.79 Å². The van der Waals surface area contributed by atoms with Gasteiger partial charge in [0.25, 0.3) is 5.91 Å². The number of ether oxygens (including phenoxy) is 1. The van der Waals surface area contributed by atoms with Crippen molar-refractivity contribution in [3.63, 3.8) is 0 Å². The van der Waals surface area contributed by atoms with Crippen LogP contribution in [-0.2, 0) is 0 Å². The van der Waals surface area contributed by atoms with E-state index in [2.05, 4.69) is 10.6 Å². The van der Waals surface area contributed by atoms with Crippen molar-refractivity contribution in [2.24, 2.45) is 0 Å². The van der Waals surface area contributed by atoms with Crippen LogP contribution in [-0.4, -0.2) is 25.1 Å². The van der Waals surface area contributed by atoms with Crippen LogP contribution in [0.1, 0.15) is 42.8 Å². The number of hydrogen-bond donors (Lipinski definition) is 3. The molecule has 1 heterocycles. The van der Waals surface area contributed by atoms with Crippen LogP contribution in [0.4, 0.5) is 10.7 Å². The highest BCUT2D eigenvalue weighted by atomic mass is 32.1. The number of nitrogen functional groups attached to an aromatic ring is 1. The molecule has 0 aliphatic heterocycles. The van der Waals surface area contributed by atoms with Crippen molar-refractivity contribution in [1.29, 1.82) is 0 Å². The molecule has 106 valence electrons. The fourth-order valence-electron chi connectivity index (χ4n) is 1.90. The fraction of sp³-hybridized carbons (Fsp3) is 0.615. The molecule has 1 amide bonds. The molecule has 0 unspecified atom stereocenters. The number of nitrogens with two attached hydrogens (primary N) is 1. The minimum atomic E-state index is -0.169. The zero-order valence-electron chi connectivity index (χ0n) is 11.6. The summed E-state index contributed by atoms with van der Waals surface area (Å²) in [6.07, 6.45) is 3.60. The van der Waals surface area contributed by atoms with Gasteiger partial charge in [0.15, 0.2) is 5.75 Å². The average molecular weight is 283 g/mol. The predicted octanol–water partition coefficient (Wildman–Crippen LogP) is 2.44. The zero-order chi connectivity index (χ0) is 14.0. The number of anilines is 2. The van der Waals surface area contributed by atoms with E-state index in [0.717, 1.165) is 17.8 Å². The van der Waals surface area contributed by atoms with E-state index < -0.39 is 0 Å². The normalized spacial score (nSPS) is 15.2. The first kappa shape index (κ1) is 14.0. The second kappa shape index (κ2) is 5.69. The van der Waals surface area contributed by atoms with Gasteiger partial charge in [-0.15, -0.1) is 11.3 Å². The summed E-state index contributed by atoms with van der Waals surface area (Å²) >= 11 is 1.37.